The molecular formula is C18H12N2O3S. The second kappa shape index (κ2) is 5.58. The summed E-state index contributed by atoms with van der Waals surface area (Å²) in [6.07, 6.45) is 0. The molecule has 0 saturated carbocycles. The Kier molecular flexibility index (Phi) is 3.39. The minimum atomic E-state index is -0.574. The summed E-state index contributed by atoms with van der Waals surface area (Å²) >= 11 is 1.46. The number of carbonyl (C=O) groups excluding carboxylic acids is 1. The normalized spacial score (nSPS) is 11.0. The molecule has 0 radical (unpaired) electrons. The van der Waals surface area contributed by atoms with E-state index in [1.165, 1.54) is 11.3 Å². The highest BCUT2D eigenvalue weighted by Crippen LogP contribution is 2.25. The number of rotatable bonds is 2. The number of hydrogen-bond donors (Lipinski definition) is 0. The Morgan fingerprint density at radius 1 is 1.08 bits per heavy atom. The number of thiophene rings is 1. The van der Waals surface area contributed by atoms with Crippen LogP contribution in [0.25, 0.3) is 21.0 Å². The van der Waals surface area contributed by atoms with Crippen molar-refractivity contribution < 1.29 is 9.63 Å². The molecule has 2 aromatic carbocycles. The van der Waals surface area contributed by atoms with Crippen molar-refractivity contribution in [3.8, 4) is 0 Å². The largest absolute Gasteiger partial charge is 0.365 e. The number of aryl methyl sites for hydroxylation is 1. The molecule has 2 heterocycles. The lowest BCUT2D eigenvalue weighted by molar-refractivity contribution is 0.0431. The standard InChI is InChI=1S/C18H12N2O3S/c1-11-19-15-8-4-2-7-13(15)17(21)20(11)23-18(22)14-10-24-16-9-5-3-6-12(14)16/h2-10H,1H3. The van der Waals surface area contributed by atoms with Gasteiger partial charge >= 0.3 is 5.97 Å². The van der Waals surface area contributed by atoms with Crippen LogP contribution in [0, 0.1) is 6.92 Å². The highest BCUT2D eigenvalue weighted by atomic mass is 32.1. The predicted molar refractivity (Wildman–Crippen MR) is 93.5 cm³/mol. The van der Waals surface area contributed by atoms with Crippen LogP contribution >= 0.6 is 11.3 Å². The van der Waals surface area contributed by atoms with Gasteiger partial charge in [-0.1, -0.05) is 30.3 Å². The Morgan fingerprint density at radius 2 is 1.79 bits per heavy atom. The van der Waals surface area contributed by atoms with Gasteiger partial charge in [0.15, 0.2) is 0 Å². The molecule has 4 rings (SSSR count). The molecule has 0 amide bonds. The highest BCUT2D eigenvalue weighted by molar-refractivity contribution is 7.17. The number of carbonyl (C=O) groups is 1. The lowest BCUT2D eigenvalue weighted by Gasteiger charge is -2.09. The van der Waals surface area contributed by atoms with Gasteiger partial charge in [0, 0.05) is 15.5 Å². The van der Waals surface area contributed by atoms with Gasteiger partial charge in [-0.25, -0.2) is 9.78 Å². The minimum Gasteiger partial charge on any atom is -0.326 e. The first kappa shape index (κ1) is 14.6. The van der Waals surface area contributed by atoms with Crippen LogP contribution in [0.3, 0.4) is 0 Å². The monoisotopic (exact) mass is 336 g/mol. The predicted octanol–water partition coefficient (Wildman–Crippen LogP) is 3.19. The van der Waals surface area contributed by atoms with Crippen molar-refractivity contribution in [2.24, 2.45) is 0 Å². The van der Waals surface area contributed by atoms with E-state index in [-0.39, 0.29) is 0 Å². The molecule has 2 aromatic heterocycles. The summed E-state index contributed by atoms with van der Waals surface area (Å²) in [4.78, 5) is 34.8. The first-order valence-electron chi connectivity index (χ1n) is 7.32. The Balaban J connectivity index is 1.79. The van der Waals surface area contributed by atoms with Crippen molar-refractivity contribution in [1.82, 2.24) is 9.71 Å². The van der Waals surface area contributed by atoms with Crippen LogP contribution in [-0.4, -0.2) is 15.7 Å². The van der Waals surface area contributed by atoms with Crippen molar-refractivity contribution in [2.75, 3.05) is 0 Å². The first-order valence-corrected chi connectivity index (χ1v) is 8.20. The summed E-state index contributed by atoms with van der Waals surface area (Å²) in [5.41, 5.74) is 0.620. The summed E-state index contributed by atoms with van der Waals surface area (Å²) in [5, 5.41) is 2.96. The fraction of sp³-hybridized carbons (Fsp3) is 0.0556. The summed E-state index contributed by atoms with van der Waals surface area (Å²) in [6, 6.07) is 14.5. The van der Waals surface area contributed by atoms with Gasteiger partial charge in [0.05, 0.1) is 16.5 Å². The van der Waals surface area contributed by atoms with E-state index in [0.29, 0.717) is 22.3 Å². The number of fused-ring (bicyclic) bond motifs is 2. The second-order valence-corrected chi connectivity index (χ2v) is 6.21. The Hall–Kier alpha value is -2.99. The average Bonchev–Trinajstić information content (AvgIpc) is 3.02. The molecule has 0 saturated heterocycles. The first-order chi connectivity index (χ1) is 11.6. The van der Waals surface area contributed by atoms with E-state index < -0.39 is 11.5 Å². The smallest absolute Gasteiger partial charge is 0.326 e. The zero-order valence-corrected chi connectivity index (χ0v) is 13.5. The summed E-state index contributed by atoms with van der Waals surface area (Å²) < 4.78 is 1.95. The summed E-state index contributed by atoms with van der Waals surface area (Å²) in [6.45, 7) is 1.63. The molecular weight excluding hydrogens is 324 g/mol. The van der Waals surface area contributed by atoms with Gasteiger partial charge in [0.1, 0.15) is 5.82 Å². The third-order valence-corrected chi connectivity index (χ3v) is 4.73. The maximum Gasteiger partial charge on any atom is 0.365 e. The highest BCUT2D eigenvalue weighted by Gasteiger charge is 2.17. The second-order valence-electron chi connectivity index (χ2n) is 5.30. The molecule has 0 bridgehead atoms. The fourth-order valence-electron chi connectivity index (χ4n) is 2.60. The molecule has 0 fully saturated rings. The number of nitrogens with zero attached hydrogens (tertiary/aromatic N) is 2. The van der Waals surface area contributed by atoms with Crippen molar-refractivity contribution in [1.29, 1.82) is 0 Å². The molecule has 0 N–H and O–H groups in total. The van der Waals surface area contributed by atoms with E-state index in [2.05, 4.69) is 4.98 Å². The van der Waals surface area contributed by atoms with Gasteiger partial charge in [-0.15, -0.1) is 16.1 Å². The van der Waals surface area contributed by atoms with Gasteiger partial charge in [-0.3, -0.25) is 4.79 Å². The molecule has 0 atom stereocenters. The van der Waals surface area contributed by atoms with Crippen molar-refractivity contribution in [3.05, 3.63) is 75.7 Å². The van der Waals surface area contributed by atoms with E-state index in [4.69, 9.17) is 4.84 Å². The van der Waals surface area contributed by atoms with Gasteiger partial charge in [0.25, 0.3) is 5.56 Å². The molecule has 0 aliphatic rings. The molecule has 24 heavy (non-hydrogen) atoms. The Labute approximate surface area is 140 Å². The minimum absolute atomic E-state index is 0.326. The van der Waals surface area contributed by atoms with Crippen LogP contribution < -0.4 is 10.4 Å². The molecule has 0 aliphatic carbocycles. The van der Waals surface area contributed by atoms with Gasteiger partial charge in [-0.2, -0.15) is 0 Å². The van der Waals surface area contributed by atoms with Crippen LogP contribution in [-0.2, 0) is 0 Å². The van der Waals surface area contributed by atoms with Gasteiger partial charge in [0.2, 0.25) is 0 Å². The van der Waals surface area contributed by atoms with E-state index in [0.717, 1.165) is 14.8 Å². The van der Waals surface area contributed by atoms with Crippen LogP contribution in [0.15, 0.2) is 58.7 Å². The molecule has 5 nitrogen and oxygen atoms in total. The molecule has 0 spiro atoms. The van der Waals surface area contributed by atoms with Crippen molar-refractivity contribution >= 4 is 38.3 Å². The summed E-state index contributed by atoms with van der Waals surface area (Å²) in [7, 11) is 0. The molecule has 4 aromatic rings. The van der Waals surface area contributed by atoms with Crippen LogP contribution in [0.4, 0.5) is 0 Å². The van der Waals surface area contributed by atoms with E-state index in [9.17, 15) is 9.59 Å². The van der Waals surface area contributed by atoms with E-state index in [1.807, 2.05) is 30.3 Å². The van der Waals surface area contributed by atoms with E-state index >= 15 is 0 Å². The van der Waals surface area contributed by atoms with Crippen molar-refractivity contribution in [3.63, 3.8) is 0 Å². The maximum absolute atomic E-state index is 12.6. The van der Waals surface area contributed by atoms with Crippen molar-refractivity contribution in [2.45, 2.75) is 6.92 Å². The SMILES string of the molecule is Cc1nc2ccccc2c(=O)n1OC(=O)c1csc2ccccc12. The maximum atomic E-state index is 12.6. The number of hydrogen-bond acceptors (Lipinski definition) is 5. The zero-order chi connectivity index (χ0) is 16.7. The molecule has 0 aliphatic heterocycles. The average molecular weight is 336 g/mol. The van der Waals surface area contributed by atoms with Gasteiger partial charge in [-0.05, 0) is 25.1 Å². The Morgan fingerprint density at radius 3 is 2.62 bits per heavy atom. The molecule has 0 unspecified atom stereocenters. The molecule has 6 heteroatoms. The third kappa shape index (κ3) is 2.28. The number of aromatic nitrogens is 2. The summed E-state index contributed by atoms with van der Waals surface area (Å²) in [5.74, 6) is -0.249. The number of para-hydroxylation sites is 1. The zero-order valence-electron chi connectivity index (χ0n) is 12.7. The number of benzene rings is 2. The van der Waals surface area contributed by atoms with Crippen LogP contribution in [0.2, 0.25) is 0 Å². The van der Waals surface area contributed by atoms with Crippen LogP contribution in [0.1, 0.15) is 16.2 Å². The van der Waals surface area contributed by atoms with Gasteiger partial charge < -0.3 is 4.84 Å². The Bertz CT molecular complexity index is 1140. The lowest BCUT2D eigenvalue weighted by atomic mass is 10.2. The fourth-order valence-corrected chi connectivity index (χ4v) is 3.53. The lowest BCUT2D eigenvalue weighted by Crippen LogP contribution is -2.33. The topological polar surface area (TPSA) is 61.2 Å². The van der Waals surface area contributed by atoms with Crippen LogP contribution in [0.5, 0.6) is 0 Å². The third-order valence-electron chi connectivity index (χ3n) is 3.77. The van der Waals surface area contributed by atoms with E-state index in [1.54, 1.807) is 30.5 Å². The molecule has 118 valence electrons. The quantitative estimate of drug-likeness (QED) is 0.564.